The van der Waals surface area contributed by atoms with E-state index < -0.39 is 0 Å². The van der Waals surface area contributed by atoms with E-state index in [2.05, 4.69) is 41.1 Å². The van der Waals surface area contributed by atoms with Crippen LogP contribution in [-0.4, -0.2) is 19.6 Å². The minimum Gasteiger partial charge on any atom is -0.497 e. The first-order valence-corrected chi connectivity index (χ1v) is 6.95. The van der Waals surface area contributed by atoms with Crippen molar-refractivity contribution >= 4 is 11.6 Å². The third-order valence-electron chi connectivity index (χ3n) is 4.00. The molecule has 0 spiro atoms. The maximum atomic E-state index is 6.13. The number of hydrogen-bond donors (Lipinski definition) is 1. The van der Waals surface area contributed by atoms with Crippen LogP contribution in [0.2, 0.25) is 0 Å². The summed E-state index contributed by atoms with van der Waals surface area (Å²) in [6, 6.07) is 18.2. The standard InChI is InChI=1S/C17H19N3O/c1-17(13-8-10-15(21-2)11-9-13)12-19-16(18)20(17)14-6-4-3-5-7-14/h3-11H,12H2,1-2H3,(H2,18,19). The lowest BCUT2D eigenvalue weighted by atomic mass is 9.90. The number of nitrogens with two attached hydrogens (primary N) is 1. The van der Waals surface area contributed by atoms with Crippen LogP contribution in [-0.2, 0) is 5.54 Å². The second-order valence-corrected chi connectivity index (χ2v) is 5.35. The molecule has 2 aromatic carbocycles. The van der Waals surface area contributed by atoms with Crippen LogP contribution in [0.1, 0.15) is 12.5 Å². The van der Waals surface area contributed by atoms with Gasteiger partial charge in [0.05, 0.1) is 19.2 Å². The van der Waals surface area contributed by atoms with Crippen molar-refractivity contribution in [3.63, 3.8) is 0 Å². The van der Waals surface area contributed by atoms with Gasteiger partial charge in [-0.3, -0.25) is 4.99 Å². The van der Waals surface area contributed by atoms with E-state index >= 15 is 0 Å². The lowest BCUT2D eigenvalue weighted by Gasteiger charge is -2.36. The van der Waals surface area contributed by atoms with Gasteiger partial charge in [0.1, 0.15) is 5.75 Å². The van der Waals surface area contributed by atoms with Crippen molar-refractivity contribution in [3.05, 3.63) is 60.2 Å². The van der Waals surface area contributed by atoms with Gasteiger partial charge in [-0.2, -0.15) is 0 Å². The molecule has 2 aromatic rings. The SMILES string of the molecule is COc1ccc(C2(C)CN=C(N)N2c2ccccc2)cc1. The summed E-state index contributed by atoms with van der Waals surface area (Å²) in [5.74, 6) is 1.40. The molecular formula is C17H19N3O. The van der Waals surface area contributed by atoms with E-state index in [1.54, 1.807) is 7.11 Å². The average Bonchev–Trinajstić information content (AvgIpc) is 2.84. The van der Waals surface area contributed by atoms with Crippen molar-refractivity contribution in [3.8, 4) is 5.75 Å². The number of anilines is 1. The second kappa shape index (κ2) is 5.13. The van der Waals surface area contributed by atoms with Crippen LogP contribution >= 0.6 is 0 Å². The highest BCUT2D eigenvalue weighted by Crippen LogP contribution is 2.37. The maximum Gasteiger partial charge on any atom is 0.196 e. The Balaban J connectivity index is 2.02. The van der Waals surface area contributed by atoms with E-state index in [1.165, 1.54) is 0 Å². The van der Waals surface area contributed by atoms with Gasteiger partial charge in [0.25, 0.3) is 0 Å². The molecule has 21 heavy (non-hydrogen) atoms. The van der Waals surface area contributed by atoms with Crippen LogP contribution in [0.5, 0.6) is 5.75 Å². The summed E-state index contributed by atoms with van der Waals surface area (Å²) in [5, 5.41) is 0. The molecule has 1 aliphatic rings. The number of rotatable bonds is 3. The molecule has 0 saturated heterocycles. The number of nitrogens with zero attached hydrogens (tertiary/aromatic N) is 2. The Hall–Kier alpha value is -2.49. The van der Waals surface area contributed by atoms with Crippen molar-refractivity contribution in [2.24, 2.45) is 10.7 Å². The normalized spacial score (nSPS) is 21.2. The van der Waals surface area contributed by atoms with Gasteiger partial charge < -0.3 is 15.4 Å². The molecule has 0 amide bonds. The van der Waals surface area contributed by atoms with Crippen LogP contribution in [0.15, 0.2) is 59.6 Å². The van der Waals surface area contributed by atoms with Crippen LogP contribution in [0, 0.1) is 0 Å². The summed E-state index contributed by atoms with van der Waals surface area (Å²) in [7, 11) is 1.67. The Morgan fingerprint density at radius 3 is 2.38 bits per heavy atom. The van der Waals surface area contributed by atoms with Gasteiger partial charge in [0.2, 0.25) is 0 Å². The quantitative estimate of drug-likeness (QED) is 0.941. The number of para-hydroxylation sites is 1. The van der Waals surface area contributed by atoms with Gasteiger partial charge >= 0.3 is 0 Å². The molecule has 0 fully saturated rings. The summed E-state index contributed by atoms with van der Waals surface area (Å²) in [4.78, 5) is 6.55. The monoisotopic (exact) mass is 281 g/mol. The molecule has 1 atom stereocenters. The summed E-state index contributed by atoms with van der Waals surface area (Å²) in [6.07, 6.45) is 0. The predicted octanol–water partition coefficient (Wildman–Crippen LogP) is 2.75. The molecule has 0 saturated carbocycles. The largest absolute Gasteiger partial charge is 0.497 e. The van der Waals surface area contributed by atoms with Crippen LogP contribution in [0.25, 0.3) is 0 Å². The number of methoxy groups -OCH3 is 1. The molecule has 0 aromatic heterocycles. The summed E-state index contributed by atoms with van der Waals surface area (Å²) >= 11 is 0. The minimum absolute atomic E-state index is 0.280. The van der Waals surface area contributed by atoms with E-state index in [9.17, 15) is 0 Å². The number of hydrogen-bond acceptors (Lipinski definition) is 4. The molecule has 1 aliphatic heterocycles. The molecular weight excluding hydrogens is 262 g/mol. The Labute approximate surface area is 124 Å². The molecule has 0 bridgehead atoms. The highest BCUT2D eigenvalue weighted by molar-refractivity contribution is 5.98. The predicted molar refractivity (Wildman–Crippen MR) is 85.8 cm³/mol. The zero-order valence-electron chi connectivity index (χ0n) is 12.3. The molecule has 4 heteroatoms. The number of guanidine groups is 1. The van der Waals surface area contributed by atoms with Gasteiger partial charge in [-0.25, -0.2) is 0 Å². The van der Waals surface area contributed by atoms with Crippen LogP contribution in [0.4, 0.5) is 5.69 Å². The smallest absolute Gasteiger partial charge is 0.196 e. The van der Waals surface area contributed by atoms with E-state index in [0.29, 0.717) is 12.5 Å². The maximum absolute atomic E-state index is 6.13. The van der Waals surface area contributed by atoms with Gasteiger partial charge in [-0.15, -0.1) is 0 Å². The first-order valence-electron chi connectivity index (χ1n) is 6.95. The number of aliphatic imine (C=N–C) groups is 1. The molecule has 1 heterocycles. The van der Waals surface area contributed by atoms with E-state index in [-0.39, 0.29) is 5.54 Å². The average molecular weight is 281 g/mol. The fraction of sp³-hybridized carbons (Fsp3) is 0.235. The van der Waals surface area contributed by atoms with Crippen molar-refractivity contribution in [2.45, 2.75) is 12.5 Å². The molecule has 0 radical (unpaired) electrons. The molecule has 108 valence electrons. The topological polar surface area (TPSA) is 50.9 Å². The summed E-state index contributed by atoms with van der Waals surface area (Å²) in [5.41, 5.74) is 8.07. The van der Waals surface area contributed by atoms with Gasteiger partial charge in [-0.1, -0.05) is 30.3 Å². The van der Waals surface area contributed by atoms with Crippen molar-refractivity contribution in [2.75, 3.05) is 18.6 Å². The van der Waals surface area contributed by atoms with Gasteiger partial charge in [-0.05, 0) is 36.8 Å². The Morgan fingerprint density at radius 2 is 1.76 bits per heavy atom. The Morgan fingerprint density at radius 1 is 1.10 bits per heavy atom. The third kappa shape index (κ3) is 2.23. The molecule has 0 aliphatic carbocycles. The highest BCUT2D eigenvalue weighted by atomic mass is 16.5. The van der Waals surface area contributed by atoms with E-state index in [4.69, 9.17) is 10.5 Å². The Kier molecular flexibility index (Phi) is 3.29. The number of benzene rings is 2. The lowest BCUT2D eigenvalue weighted by molar-refractivity contribution is 0.414. The zero-order valence-corrected chi connectivity index (χ0v) is 12.3. The minimum atomic E-state index is -0.280. The highest BCUT2D eigenvalue weighted by Gasteiger charge is 2.40. The van der Waals surface area contributed by atoms with Crippen molar-refractivity contribution in [1.29, 1.82) is 0 Å². The van der Waals surface area contributed by atoms with Crippen molar-refractivity contribution < 1.29 is 4.74 Å². The van der Waals surface area contributed by atoms with Gasteiger partial charge in [0, 0.05) is 5.69 Å². The Bertz CT molecular complexity index is 651. The molecule has 1 unspecified atom stereocenters. The fourth-order valence-corrected chi connectivity index (χ4v) is 2.79. The number of ether oxygens (including phenoxy) is 1. The lowest BCUT2D eigenvalue weighted by Crippen LogP contribution is -2.47. The fourth-order valence-electron chi connectivity index (χ4n) is 2.79. The molecule has 4 nitrogen and oxygen atoms in total. The van der Waals surface area contributed by atoms with Crippen LogP contribution < -0.4 is 15.4 Å². The van der Waals surface area contributed by atoms with E-state index in [0.717, 1.165) is 17.0 Å². The second-order valence-electron chi connectivity index (χ2n) is 5.35. The summed E-state index contributed by atoms with van der Waals surface area (Å²) in [6.45, 7) is 2.80. The first kappa shape index (κ1) is 13.5. The molecule has 2 N–H and O–H groups in total. The first-order chi connectivity index (χ1) is 10.1. The third-order valence-corrected chi connectivity index (χ3v) is 4.00. The molecule has 3 rings (SSSR count). The van der Waals surface area contributed by atoms with Crippen molar-refractivity contribution in [1.82, 2.24) is 0 Å². The zero-order chi connectivity index (χ0) is 14.9. The summed E-state index contributed by atoms with van der Waals surface area (Å²) < 4.78 is 5.23. The van der Waals surface area contributed by atoms with E-state index in [1.807, 2.05) is 30.3 Å². The van der Waals surface area contributed by atoms with Gasteiger partial charge in [0.15, 0.2) is 5.96 Å². The van der Waals surface area contributed by atoms with Crippen LogP contribution in [0.3, 0.4) is 0 Å².